The molecule has 1 rings (SSSR count). The SMILES string of the molecule is NC(=O)C[C@@H](NC(=O)CC1CC1)C(=O)O. The van der Waals surface area contributed by atoms with E-state index in [-0.39, 0.29) is 12.3 Å². The van der Waals surface area contributed by atoms with Crippen molar-refractivity contribution in [3.63, 3.8) is 0 Å². The van der Waals surface area contributed by atoms with E-state index in [0.717, 1.165) is 12.8 Å². The number of nitrogens with two attached hydrogens (primary N) is 1. The van der Waals surface area contributed by atoms with Crippen molar-refractivity contribution in [3.8, 4) is 0 Å². The molecule has 84 valence electrons. The minimum absolute atomic E-state index is 0.328. The first kappa shape index (κ1) is 11.5. The normalized spacial score (nSPS) is 16.8. The maximum absolute atomic E-state index is 11.3. The summed E-state index contributed by atoms with van der Waals surface area (Å²) in [6.07, 6.45) is 2.00. The maximum Gasteiger partial charge on any atom is 0.326 e. The Balaban J connectivity index is 2.38. The number of primary amides is 1. The Morgan fingerprint density at radius 1 is 1.40 bits per heavy atom. The Morgan fingerprint density at radius 3 is 2.40 bits per heavy atom. The minimum Gasteiger partial charge on any atom is -0.480 e. The van der Waals surface area contributed by atoms with E-state index in [1.807, 2.05) is 0 Å². The average Bonchev–Trinajstić information content (AvgIpc) is 2.85. The number of carboxylic acids is 1. The summed E-state index contributed by atoms with van der Waals surface area (Å²) in [4.78, 5) is 32.5. The van der Waals surface area contributed by atoms with Gasteiger partial charge in [-0.05, 0) is 18.8 Å². The molecule has 1 aliphatic rings. The minimum atomic E-state index is -1.24. The lowest BCUT2D eigenvalue weighted by Gasteiger charge is -2.12. The van der Waals surface area contributed by atoms with Gasteiger partial charge in [0.15, 0.2) is 0 Å². The van der Waals surface area contributed by atoms with Crippen molar-refractivity contribution < 1.29 is 19.5 Å². The van der Waals surface area contributed by atoms with Gasteiger partial charge in [-0.2, -0.15) is 0 Å². The summed E-state index contributed by atoms with van der Waals surface area (Å²) in [5, 5.41) is 11.0. The molecule has 0 aromatic rings. The van der Waals surface area contributed by atoms with Crippen LogP contribution in [-0.4, -0.2) is 28.9 Å². The lowest BCUT2D eigenvalue weighted by atomic mass is 10.2. The molecule has 4 N–H and O–H groups in total. The molecule has 1 atom stereocenters. The van der Waals surface area contributed by atoms with Crippen molar-refractivity contribution in [1.29, 1.82) is 0 Å². The van der Waals surface area contributed by atoms with Crippen LogP contribution in [0, 0.1) is 5.92 Å². The molecule has 0 aromatic carbocycles. The molecule has 6 nitrogen and oxygen atoms in total. The summed E-state index contributed by atoms with van der Waals surface area (Å²) in [6, 6.07) is -1.20. The second kappa shape index (κ2) is 4.77. The molecule has 1 aliphatic carbocycles. The molecule has 0 spiro atoms. The highest BCUT2D eigenvalue weighted by molar-refractivity contribution is 5.88. The number of hydrogen-bond donors (Lipinski definition) is 3. The lowest BCUT2D eigenvalue weighted by molar-refractivity contribution is -0.143. The van der Waals surface area contributed by atoms with Crippen LogP contribution < -0.4 is 11.1 Å². The van der Waals surface area contributed by atoms with Crippen molar-refractivity contribution in [3.05, 3.63) is 0 Å². The first-order valence-electron chi connectivity index (χ1n) is 4.79. The van der Waals surface area contributed by atoms with Crippen molar-refractivity contribution in [1.82, 2.24) is 5.32 Å². The van der Waals surface area contributed by atoms with Crippen LogP contribution in [0.25, 0.3) is 0 Å². The number of carboxylic acid groups (broad SMARTS) is 1. The number of carbonyl (C=O) groups excluding carboxylic acids is 2. The second-order valence-electron chi connectivity index (χ2n) is 3.78. The molecule has 0 aromatic heterocycles. The van der Waals surface area contributed by atoms with E-state index in [4.69, 9.17) is 10.8 Å². The molecule has 0 radical (unpaired) electrons. The highest BCUT2D eigenvalue weighted by Crippen LogP contribution is 2.32. The highest BCUT2D eigenvalue weighted by Gasteiger charge is 2.27. The number of amides is 2. The van der Waals surface area contributed by atoms with Gasteiger partial charge in [-0.3, -0.25) is 9.59 Å². The van der Waals surface area contributed by atoms with Gasteiger partial charge in [0.1, 0.15) is 6.04 Å². The predicted octanol–water partition coefficient (Wildman–Crippen LogP) is -0.769. The molecule has 6 heteroatoms. The monoisotopic (exact) mass is 214 g/mol. The Hall–Kier alpha value is -1.59. The van der Waals surface area contributed by atoms with Crippen molar-refractivity contribution in [2.75, 3.05) is 0 Å². The Bertz CT molecular complexity index is 286. The van der Waals surface area contributed by atoms with Gasteiger partial charge < -0.3 is 16.2 Å². The Labute approximate surface area is 86.8 Å². The fraction of sp³-hybridized carbons (Fsp3) is 0.667. The van der Waals surface area contributed by atoms with Crippen LogP contribution in [0.5, 0.6) is 0 Å². The third kappa shape index (κ3) is 4.44. The van der Waals surface area contributed by atoms with Gasteiger partial charge in [0.25, 0.3) is 0 Å². The topological polar surface area (TPSA) is 109 Å². The second-order valence-corrected chi connectivity index (χ2v) is 3.78. The van der Waals surface area contributed by atoms with Gasteiger partial charge in [-0.1, -0.05) is 0 Å². The van der Waals surface area contributed by atoms with Gasteiger partial charge >= 0.3 is 5.97 Å². The summed E-state index contributed by atoms with van der Waals surface area (Å²) in [5.74, 6) is -1.92. The van der Waals surface area contributed by atoms with Crippen molar-refractivity contribution >= 4 is 17.8 Å². The quantitative estimate of drug-likeness (QED) is 0.539. The van der Waals surface area contributed by atoms with Crippen LogP contribution in [0.4, 0.5) is 0 Å². The van der Waals surface area contributed by atoms with Crippen LogP contribution >= 0.6 is 0 Å². The van der Waals surface area contributed by atoms with Crippen LogP contribution in [0.15, 0.2) is 0 Å². The third-order valence-corrected chi connectivity index (χ3v) is 2.21. The standard InChI is InChI=1S/C9H14N2O4/c10-7(12)4-6(9(14)15)11-8(13)3-5-1-2-5/h5-6H,1-4H2,(H2,10,12)(H,11,13)(H,14,15)/t6-/m1/s1. The van der Waals surface area contributed by atoms with E-state index in [2.05, 4.69) is 5.32 Å². The van der Waals surface area contributed by atoms with E-state index in [1.165, 1.54) is 0 Å². The summed E-state index contributed by atoms with van der Waals surface area (Å²) >= 11 is 0. The van der Waals surface area contributed by atoms with Gasteiger partial charge in [0.05, 0.1) is 6.42 Å². The molecule has 0 unspecified atom stereocenters. The predicted molar refractivity (Wildman–Crippen MR) is 50.7 cm³/mol. The Kier molecular flexibility index (Phi) is 3.65. The molecule has 1 fully saturated rings. The number of hydrogen-bond acceptors (Lipinski definition) is 3. The number of nitrogens with one attached hydrogen (secondary N) is 1. The fourth-order valence-corrected chi connectivity index (χ4v) is 1.24. The largest absolute Gasteiger partial charge is 0.480 e. The number of aliphatic carboxylic acids is 1. The number of rotatable bonds is 6. The van der Waals surface area contributed by atoms with Gasteiger partial charge in [-0.25, -0.2) is 4.79 Å². The zero-order chi connectivity index (χ0) is 11.4. The third-order valence-electron chi connectivity index (χ3n) is 2.21. The van der Waals surface area contributed by atoms with E-state index >= 15 is 0 Å². The van der Waals surface area contributed by atoms with E-state index < -0.39 is 17.9 Å². The molecule has 1 saturated carbocycles. The fourth-order valence-electron chi connectivity index (χ4n) is 1.24. The van der Waals surface area contributed by atoms with E-state index in [0.29, 0.717) is 12.3 Å². The lowest BCUT2D eigenvalue weighted by Crippen LogP contribution is -2.43. The van der Waals surface area contributed by atoms with Gasteiger partial charge in [0, 0.05) is 6.42 Å². The first-order chi connectivity index (χ1) is 6.99. The van der Waals surface area contributed by atoms with Crippen LogP contribution in [0.1, 0.15) is 25.7 Å². The number of carbonyl (C=O) groups is 3. The molecule has 15 heavy (non-hydrogen) atoms. The maximum atomic E-state index is 11.3. The Morgan fingerprint density at radius 2 is 2.00 bits per heavy atom. The molecular formula is C9H14N2O4. The summed E-state index contributed by atoms with van der Waals surface area (Å²) in [5.41, 5.74) is 4.87. The average molecular weight is 214 g/mol. The molecular weight excluding hydrogens is 200 g/mol. The smallest absolute Gasteiger partial charge is 0.326 e. The van der Waals surface area contributed by atoms with Crippen LogP contribution in [0.3, 0.4) is 0 Å². The van der Waals surface area contributed by atoms with Crippen LogP contribution in [-0.2, 0) is 14.4 Å². The van der Waals surface area contributed by atoms with E-state index in [1.54, 1.807) is 0 Å². The summed E-state index contributed by atoms with van der Waals surface area (Å²) < 4.78 is 0. The van der Waals surface area contributed by atoms with Gasteiger partial charge in [0.2, 0.25) is 11.8 Å². The summed E-state index contributed by atoms with van der Waals surface area (Å²) in [6.45, 7) is 0. The zero-order valence-corrected chi connectivity index (χ0v) is 8.23. The molecule has 0 saturated heterocycles. The molecule has 0 heterocycles. The highest BCUT2D eigenvalue weighted by atomic mass is 16.4. The molecule has 0 aliphatic heterocycles. The van der Waals surface area contributed by atoms with E-state index in [9.17, 15) is 14.4 Å². The zero-order valence-electron chi connectivity index (χ0n) is 8.23. The van der Waals surface area contributed by atoms with Crippen LogP contribution in [0.2, 0.25) is 0 Å². The molecule has 2 amide bonds. The van der Waals surface area contributed by atoms with Gasteiger partial charge in [-0.15, -0.1) is 0 Å². The first-order valence-corrected chi connectivity index (χ1v) is 4.79. The summed E-state index contributed by atoms with van der Waals surface area (Å²) in [7, 11) is 0. The van der Waals surface area contributed by atoms with Crippen molar-refractivity contribution in [2.45, 2.75) is 31.7 Å². The van der Waals surface area contributed by atoms with Crippen molar-refractivity contribution in [2.24, 2.45) is 11.7 Å². The molecule has 0 bridgehead atoms.